The maximum atomic E-state index is 12.7. The van der Waals surface area contributed by atoms with Crippen molar-refractivity contribution < 1.29 is 12.8 Å². The van der Waals surface area contributed by atoms with Gasteiger partial charge in [-0.2, -0.15) is 0 Å². The second-order valence-electron chi connectivity index (χ2n) is 6.56. The molecular weight excluding hydrogens is 288 g/mol. The van der Waals surface area contributed by atoms with E-state index < -0.39 is 10.0 Å². The number of nitrogens with zero attached hydrogens (tertiary/aromatic N) is 1. The van der Waals surface area contributed by atoms with Gasteiger partial charge in [0, 0.05) is 19.7 Å². The summed E-state index contributed by atoms with van der Waals surface area (Å²) in [6.45, 7) is 2.51. The summed E-state index contributed by atoms with van der Waals surface area (Å²) in [4.78, 5) is 0.258. The van der Waals surface area contributed by atoms with Crippen molar-refractivity contribution in [2.45, 2.75) is 44.0 Å². The molecule has 21 heavy (non-hydrogen) atoms. The lowest BCUT2D eigenvalue weighted by Gasteiger charge is -2.26. The van der Waals surface area contributed by atoms with E-state index in [1.807, 2.05) is 0 Å². The summed E-state index contributed by atoms with van der Waals surface area (Å²) < 4.78 is 32.3. The summed E-state index contributed by atoms with van der Waals surface area (Å²) in [5.74, 6) is 3.01. The number of rotatable bonds is 5. The lowest BCUT2D eigenvalue weighted by atomic mass is 9.89. The third-order valence-corrected chi connectivity index (χ3v) is 7.12. The fourth-order valence-electron chi connectivity index (χ4n) is 4.08. The first-order valence-corrected chi connectivity index (χ1v) is 9.11. The Kier molecular flexibility index (Phi) is 3.88. The van der Waals surface area contributed by atoms with E-state index in [1.165, 1.54) is 30.0 Å². The maximum absolute atomic E-state index is 12.7. The van der Waals surface area contributed by atoms with Crippen LogP contribution < -0.4 is 5.73 Å². The van der Waals surface area contributed by atoms with Crippen LogP contribution in [0.5, 0.6) is 0 Å². The molecule has 0 spiro atoms. The molecule has 0 radical (unpaired) electrons. The van der Waals surface area contributed by atoms with Crippen LogP contribution in [0.15, 0.2) is 15.4 Å². The normalized spacial score (nSPS) is 28.7. The highest BCUT2D eigenvalue weighted by Gasteiger charge is 2.41. The molecule has 0 aliphatic heterocycles. The van der Waals surface area contributed by atoms with Gasteiger partial charge in [0.1, 0.15) is 16.4 Å². The fraction of sp³-hybridized carbons (Fsp3) is 0.733. The lowest BCUT2D eigenvalue weighted by molar-refractivity contribution is 0.280. The van der Waals surface area contributed by atoms with Crippen LogP contribution in [-0.4, -0.2) is 26.3 Å². The van der Waals surface area contributed by atoms with Crippen molar-refractivity contribution in [2.75, 3.05) is 13.6 Å². The van der Waals surface area contributed by atoms with Crippen molar-refractivity contribution in [1.29, 1.82) is 0 Å². The highest BCUT2D eigenvalue weighted by Crippen LogP contribution is 2.48. The molecular formula is C15H24N2O3S. The first-order valence-electron chi connectivity index (χ1n) is 7.67. The van der Waals surface area contributed by atoms with Gasteiger partial charge in [0.15, 0.2) is 0 Å². The van der Waals surface area contributed by atoms with Gasteiger partial charge in [-0.05, 0) is 43.9 Å². The van der Waals surface area contributed by atoms with Gasteiger partial charge >= 0.3 is 0 Å². The SMILES string of the molecule is Cc1oc(CN)cc1S(=O)(=O)N(C)CC1CC2CCC1C2. The van der Waals surface area contributed by atoms with Crippen LogP contribution in [0.1, 0.15) is 37.2 Å². The Morgan fingerprint density at radius 1 is 1.38 bits per heavy atom. The summed E-state index contributed by atoms with van der Waals surface area (Å²) in [5.41, 5.74) is 5.52. The van der Waals surface area contributed by atoms with Crippen LogP contribution in [0.25, 0.3) is 0 Å². The van der Waals surface area contributed by atoms with Gasteiger partial charge in [0.05, 0.1) is 6.54 Å². The van der Waals surface area contributed by atoms with Crippen molar-refractivity contribution >= 4 is 10.0 Å². The van der Waals surface area contributed by atoms with Gasteiger partial charge in [-0.1, -0.05) is 6.42 Å². The Balaban J connectivity index is 1.76. The topological polar surface area (TPSA) is 76.5 Å². The molecule has 118 valence electrons. The van der Waals surface area contributed by atoms with Crippen LogP contribution in [0.2, 0.25) is 0 Å². The van der Waals surface area contributed by atoms with Crippen LogP contribution in [0, 0.1) is 24.7 Å². The number of sulfonamides is 1. The van der Waals surface area contributed by atoms with Gasteiger partial charge in [0.25, 0.3) is 0 Å². The third kappa shape index (κ3) is 2.64. The minimum Gasteiger partial charge on any atom is -0.464 e. The smallest absolute Gasteiger partial charge is 0.246 e. The highest BCUT2D eigenvalue weighted by atomic mass is 32.2. The van der Waals surface area contributed by atoms with Crippen LogP contribution in [0.3, 0.4) is 0 Å². The Morgan fingerprint density at radius 3 is 2.67 bits per heavy atom. The van der Waals surface area contributed by atoms with E-state index in [9.17, 15) is 8.42 Å². The van der Waals surface area contributed by atoms with Gasteiger partial charge in [-0.3, -0.25) is 0 Å². The summed E-state index contributed by atoms with van der Waals surface area (Å²) in [7, 11) is -1.80. The number of furan rings is 1. The standard InChI is InChI=1S/C15H24N2O3S/c1-10-15(7-14(8-16)20-10)21(18,19)17(2)9-13-6-11-3-4-12(13)5-11/h7,11-13H,3-6,8-9,16H2,1-2H3. The minimum atomic E-state index is -3.48. The molecule has 2 N–H and O–H groups in total. The summed E-state index contributed by atoms with van der Waals surface area (Å²) in [6.07, 6.45) is 5.08. The Hall–Kier alpha value is -0.850. The van der Waals surface area contributed by atoms with Gasteiger partial charge < -0.3 is 10.2 Å². The first-order chi connectivity index (χ1) is 9.91. The lowest BCUT2D eigenvalue weighted by Crippen LogP contribution is -2.33. The molecule has 0 amide bonds. The zero-order chi connectivity index (χ0) is 15.2. The molecule has 1 heterocycles. The number of aryl methyl sites for hydroxylation is 1. The quantitative estimate of drug-likeness (QED) is 0.903. The van der Waals surface area contributed by atoms with E-state index in [0.717, 1.165) is 11.8 Å². The molecule has 1 aromatic heterocycles. The second-order valence-corrected chi connectivity index (χ2v) is 8.57. The molecule has 2 aliphatic carbocycles. The van der Waals surface area contributed by atoms with E-state index >= 15 is 0 Å². The Labute approximate surface area is 126 Å². The minimum absolute atomic E-state index is 0.215. The Bertz CT molecular complexity index is 623. The van der Waals surface area contributed by atoms with Gasteiger partial charge in [0.2, 0.25) is 10.0 Å². The largest absolute Gasteiger partial charge is 0.464 e. The van der Waals surface area contributed by atoms with E-state index in [1.54, 1.807) is 20.0 Å². The van der Waals surface area contributed by atoms with Gasteiger partial charge in [-0.25, -0.2) is 12.7 Å². The molecule has 2 fully saturated rings. The molecule has 0 aromatic carbocycles. The molecule has 3 atom stereocenters. The van der Waals surface area contributed by atoms with Crippen molar-refractivity contribution in [3.8, 4) is 0 Å². The zero-order valence-electron chi connectivity index (χ0n) is 12.7. The van der Waals surface area contributed by atoms with Crippen LogP contribution in [0.4, 0.5) is 0 Å². The molecule has 1 aromatic rings. The van der Waals surface area contributed by atoms with E-state index in [-0.39, 0.29) is 11.4 Å². The molecule has 2 bridgehead atoms. The second kappa shape index (κ2) is 5.41. The molecule has 2 aliphatic rings. The predicted molar refractivity (Wildman–Crippen MR) is 80.1 cm³/mol. The molecule has 2 saturated carbocycles. The van der Waals surface area contributed by atoms with Crippen LogP contribution in [-0.2, 0) is 16.6 Å². The van der Waals surface area contributed by atoms with Crippen molar-refractivity contribution in [1.82, 2.24) is 4.31 Å². The molecule has 6 heteroatoms. The molecule has 0 saturated heterocycles. The number of hydrogen-bond acceptors (Lipinski definition) is 4. The number of nitrogens with two attached hydrogens (primary N) is 1. The summed E-state index contributed by atoms with van der Waals surface area (Å²) >= 11 is 0. The zero-order valence-corrected chi connectivity index (χ0v) is 13.5. The fourth-order valence-corrected chi connectivity index (χ4v) is 5.49. The van der Waals surface area contributed by atoms with Crippen LogP contribution >= 0.6 is 0 Å². The average molecular weight is 312 g/mol. The number of fused-ring (bicyclic) bond motifs is 2. The summed E-state index contributed by atoms with van der Waals surface area (Å²) in [5, 5.41) is 0. The monoisotopic (exact) mass is 312 g/mol. The van der Waals surface area contributed by atoms with E-state index in [0.29, 0.717) is 24.0 Å². The van der Waals surface area contributed by atoms with Crippen molar-refractivity contribution in [3.05, 3.63) is 17.6 Å². The van der Waals surface area contributed by atoms with Gasteiger partial charge in [-0.15, -0.1) is 0 Å². The molecule has 3 unspecified atom stereocenters. The first kappa shape index (κ1) is 15.1. The Morgan fingerprint density at radius 2 is 2.14 bits per heavy atom. The third-order valence-electron chi connectivity index (χ3n) is 5.19. The van der Waals surface area contributed by atoms with E-state index in [4.69, 9.17) is 10.2 Å². The highest BCUT2D eigenvalue weighted by molar-refractivity contribution is 7.89. The predicted octanol–water partition coefficient (Wildman–Crippen LogP) is 2.10. The summed E-state index contributed by atoms with van der Waals surface area (Å²) in [6, 6.07) is 1.56. The maximum Gasteiger partial charge on any atom is 0.246 e. The number of hydrogen-bond donors (Lipinski definition) is 1. The average Bonchev–Trinajstić information content (AvgIpc) is 3.13. The van der Waals surface area contributed by atoms with Crippen molar-refractivity contribution in [2.24, 2.45) is 23.5 Å². The molecule has 5 nitrogen and oxygen atoms in total. The van der Waals surface area contributed by atoms with Crippen molar-refractivity contribution in [3.63, 3.8) is 0 Å². The van der Waals surface area contributed by atoms with E-state index in [2.05, 4.69) is 0 Å². The molecule has 3 rings (SSSR count).